The largest absolute Gasteiger partial charge is 0.478 e. The van der Waals surface area contributed by atoms with Crippen LogP contribution in [0.2, 0.25) is 0 Å². The number of rotatable bonds is 4. The fraction of sp³-hybridized carbons (Fsp3) is 0.118. The Kier molecular flexibility index (Phi) is 7.02. The lowest BCUT2D eigenvalue weighted by atomic mass is 10.1. The number of ketones is 1. The first-order valence-corrected chi connectivity index (χ1v) is 7.80. The Morgan fingerprint density at radius 1 is 0.870 bits per heavy atom. The molecular weight excluding hydrogens is 316 g/mol. The molecule has 2 N–H and O–H groups in total. The molecule has 0 saturated heterocycles. The predicted molar refractivity (Wildman–Crippen MR) is 88.6 cm³/mol. The van der Waals surface area contributed by atoms with E-state index in [1.165, 1.54) is 23.9 Å². The molecule has 0 amide bonds. The van der Waals surface area contributed by atoms with E-state index < -0.39 is 11.9 Å². The van der Waals surface area contributed by atoms with Crippen LogP contribution in [-0.4, -0.2) is 34.2 Å². The summed E-state index contributed by atoms with van der Waals surface area (Å²) in [6.07, 6.45) is 1.79. The van der Waals surface area contributed by atoms with Gasteiger partial charge in [-0.25, -0.2) is 9.59 Å². The minimum Gasteiger partial charge on any atom is -0.478 e. The summed E-state index contributed by atoms with van der Waals surface area (Å²) >= 11 is 1.36. The summed E-state index contributed by atoms with van der Waals surface area (Å²) in [5.74, 6) is -2.33. The maximum atomic E-state index is 10.7. The Balaban J connectivity index is 0.000000253. The SMILES string of the molecule is CC(=O)c1ccccc1.CSc1ccc(C(=O)O)c(C(=O)O)c1. The van der Waals surface area contributed by atoms with Crippen molar-refractivity contribution in [2.45, 2.75) is 11.8 Å². The number of hydrogen-bond donors (Lipinski definition) is 2. The molecule has 0 aliphatic heterocycles. The van der Waals surface area contributed by atoms with E-state index in [4.69, 9.17) is 10.2 Å². The van der Waals surface area contributed by atoms with Gasteiger partial charge in [-0.15, -0.1) is 11.8 Å². The second kappa shape index (κ2) is 8.75. The van der Waals surface area contributed by atoms with Crippen molar-refractivity contribution in [3.05, 3.63) is 65.2 Å². The van der Waals surface area contributed by atoms with Crippen molar-refractivity contribution in [2.75, 3.05) is 6.26 Å². The van der Waals surface area contributed by atoms with E-state index in [0.29, 0.717) is 0 Å². The van der Waals surface area contributed by atoms with Crippen LogP contribution >= 0.6 is 11.8 Å². The zero-order valence-electron chi connectivity index (χ0n) is 12.6. The standard InChI is InChI=1S/C9H8O4S.C8H8O/c1-14-5-2-3-6(8(10)11)7(4-5)9(12)13;1-7(9)8-5-3-2-4-6-8/h2-4H,1H3,(H,10,11)(H,12,13);2-6H,1H3. The van der Waals surface area contributed by atoms with Crippen LogP contribution < -0.4 is 0 Å². The van der Waals surface area contributed by atoms with Crippen molar-refractivity contribution in [3.8, 4) is 0 Å². The van der Waals surface area contributed by atoms with Gasteiger partial charge in [0, 0.05) is 10.5 Å². The van der Waals surface area contributed by atoms with Crippen molar-refractivity contribution in [3.63, 3.8) is 0 Å². The van der Waals surface area contributed by atoms with Gasteiger partial charge in [0.2, 0.25) is 0 Å². The first-order valence-electron chi connectivity index (χ1n) is 6.57. The normalized spacial score (nSPS) is 9.48. The summed E-state index contributed by atoms with van der Waals surface area (Å²) in [6, 6.07) is 13.5. The fourth-order valence-electron chi connectivity index (χ4n) is 1.69. The molecule has 0 spiro atoms. The molecule has 0 radical (unpaired) electrons. The molecule has 0 aliphatic rings. The van der Waals surface area contributed by atoms with E-state index in [0.717, 1.165) is 10.5 Å². The van der Waals surface area contributed by atoms with Crippen LogP contribution in [0.25, 0.3) is 0 Å². The highest BCUT2D eigenvalue weighted by atomic mass is 32.2. The summed E-state index contributed by atoms with van der Waals surface area (Å²) in [4.78, 5) is 32.8. The van der Waals surface area contributed by atoms with Gasteiger partial charge >= 0.3 is 11.9 Å². The van der Waals surface area contributed by atoms with Crippen LogP contribution in [0.3, 0.4) is 0 Å². The molecule has 0 atom stereocenters. The van der Waals surface area contributed by atoms with Crippen molar-refractivity contribution < 1.29 is 24.6 Å². The maximum Gasteiger partial charge on any atom is 0.336 e. The van der Waals surface area contributed by atoms with Gasteiger partial charge in [0.25, 0.3) is 0 Å². The molecule has 0 unspecified atom stereocenters. The number of carbonyl (C=O) groups excluding carboxylic acids is 1. The molecule has 120 valence electrons. The van der Waals surface area contributed by atoms with E-state index in [9.17, 15) is 14.4 Å². The highest BCUT2D eigenvalue weighted by molar-refractivity contribution is 7.98. The van der Waals surface area contributed by atoms with Crippen LogP contribution in [0.5, 0.6) is 0 Å². The van der Waals surface area contributed by atoms with E-state index in [2.05, 4.69) is 0 Å². The summed E-state index contributed by atoms with van der Waals surface area (Å²) in [5, 5.41) is 17.5. The van der Waals surface area contributed by atoms with Crippen molar-refractivity contribution in [1.29, 1.82) is 0 Å². The van der Waals surface area contributed by atoms with Crippen LogP contribution in [0.4, 0.5) is 0 Å². The molecule has 2 aromatic carbocycles. The van der Waals surface area contributed by atoms with Crippen LogP contribution in [-0.2, 0) is 0 Å². The number of hydrogen-bond acceptors (Lipinski definition) is 4. The summed E-state index contributed by atoms with van der Waals surface area (Å²) in [5.41, 5.74) is 0.414. The zero-order valence-corrected chi connectivity index (χ0v) is 13.5. The first-order chi connectivity index (χ1) is 10.9. The highest BCUT2D eigenvalue weighted by Gasteiger charge is 2.15. The van der Waals surface area contributed by atoms with Gasteiger partial charge in [-0.05, 0) is 31.4 Å². The van der Waals surface area contributed by atoms with Gasteiger partial charge in [0.1, 0.15) is 0 Å². The highest BCUT2D eigenvalue weighted by Crippen LogP contribution is 2.19. The second-order valence-corrected chi connectivity index (χ2v) is 5.32. The lowest BCUT2D eigenvalue weighted by molar-refractivity contribution is 0.0651. The minimum absolute atomic E-state index is 0.121. The van der Waals surface area contributed by atoms with Gasteiger partial charge in [-0.3, -0.25) is 4.79 Å². The number of carbonyl (C=O) groups is 3. The lowest BCUT2D eigenvalue weighted by Gasteiger charge is -2.03. The average Bonchev–Trinajstić information content (AvgIpc) is 2.55. The van der Waals surface area contributed by atoms with Gasteiger partial charge in [-0.2, -0.15) is 0 Å². The first kappa shape index (κ1) is 18.4. The van der Waals surface area contributed by atoms with E-state index >= 15 is 0 Å². The molecule has 0 heterocycles. The fourth-order valence-corrected chi connectivity index (χ4v) is 2.13. The Bertz CT molecular complexity index is 710. The van der Waals surface area contributed by atoms with E-state index in [-0.39, 0.29) is 16.9 Å². The van der Waals surface area contributed by atoms with Gasteiger partial charge in [0.15, 0.2) is 5.78 Å². The Morgan fingerprint density at radius 3 is 1.83 bits per heavy atom. The third kappa shape index (κ3) is 5.60. The van der Waals surface area contributed by atoms with E-state index in [1.807, 2.05) is 30.3 Å². The molecule has 0 aromatic heterocycles. The third-order valence-electron chi connectivity index (χ3n) is 2.87. The molecule has 6 heteroatoms. The molecule has 0 fully saturated rings. The lowest BCUT2D eigenvalue weighted by Crippen LogP contribution is -2.07. The second-order valence-electron chi connectivity index (χ2n) is 4.44. The van der Waals surface area contributed by atoms with Gasteiger partial charge in [0.05, 0.1) is 11.1 Å². The van der Waals surface area contributed by atoms with E-state index in [1.54, 1.807) is 19.2 Å². The Labute approximate surface area is 138 Å². The quantitative estimate of drug-likeness (QED) is 0.655. The zero-order chi connectivity index (χ0) is 17.4. The van der Waals surface area contributed by atoms with Crippen molar-refractivity contribution >= 4 is 29.5 Å². The molecule has 0 bridgehead atoms. The molecule has 2 rings (SSSR count). The Morgan fingerprint density at radius 2 is 1.43 bits per heavy atom. The monoisotopic (exact) mass is 332 g/mol. The number of aromatic carboxylic acids is 2. The number of carboxylic acids is 2. The molecule has 23 heavy (non-hydrogen) atoms. The third-order valence-corrected chi connectivity index (χ3v) is 3.59. The van der Waals surface area contributed by atoms with Crippen molar-refractivity contribution in [2.24, 2.45) is 0 Å². The number of thioether (sulfide) groups is 1. The smallest absolute Gasteiger partial charge is 0.336 e. The van der Waals surface area contributed by atoms with Crippen molar-refractivity contribution in [1.82, 2.24) is 0 Å². The summed E-state index contributed by atoms with van der Waals surface area (Å²) in [7, 11) is 0. The molecule has 2 aromatic rings. The minimum atomic E-state index is -1.23. The number of carboxylic acid groups (broad SMARTS) is 2. The van der Waals surface area contributed by atoms with Crippen LogP contribution in [0.1, 0.15) is 38.0 Å². The Hall–Kier alpha value is -2.60. The maximum absolute atomic E-state index is 10.7. The molecule has 5 nitrogen and oxygen atoms in total. The van der Waals surface area contributed by atoms with Crippen LogP contribution in [0.15, 0.2) is 53.4 Å². The average molecular weight is 332 g/mol. The van der Waals surface area contributed by atoms with Gasteiger partial charge < -0.3 is 10.2 Å². The van der Waals surface area contributed by atoms with Crippen LogP contribution in [0, 0.1) is 0 Å². The van der Waals surface area contributed by atoms with Gasteiger partial charge in [-0.1, -0.05) is 30.3 Å². The molecular formula is C17H16O5S. The number of benzene rings is 2. The summed E-state index contributed by atoms with van der Waals surface area (Å²) < 4.78 is 0. The predicted octanol–water partition coefficient (Wildman–Crippen LogP) is 3.69. The topological polar surface area (TPSA) is 91.7 Å². The molecule has 0 aliphatic carbocycles. The molecule has 0 saturated carbocycles. The number of Topliss-reactive ketones (excluding diaryl/α,β-unsaturated/α-hetero) is 1. The summed E-state index contributed by atoms with van der Waals surface area (Å²) in [6.45, 7) is 1.56.